The summed E-state index contributed by atoms with van der Waals surface area (Å²) in [5.74, 6) is -0.730. The van der Waals surface area contributed by atoms with Gasteiger partial charge in [-0.3, -0.25) is 9.69 Å². The molecule has 3 amide bonds. The number of carboxylic acids is 1. The molecule has 2 N–H and O–H groups in total. The standard InChI is InChI=1S/C12H21N3O4S/c1-4-10-15(8(7-20-10)11(17)18)12(19)14(3)6-5-9(16)13-2/h8,10H,4-7H2,1-3H3,(H,13,16)(H,17,18). The number of carbonyl (C=O) groups is 3. The summed E-state index contributed by atoms with van der Waals surface area (Å²) in [7, 11) is 3.12. The summed E-state index contributed by atoms with van der Waals surface area (Å²) in [5.41, 5.74) is 0. The second-order valence-corrected chi connectivity index (χ2v) is 5.80. The summed E-state index contributed by atoms with van der Waals surface area (Å²) in [6.07, 6.45) is 0.901. The van der Waals surface area contributed by atoms with Crippen LogP contribution in [0.15, 0.2) is 0 Å². The minimum absolute atomic E-state index is 0.119. The normalized spacial score (nSPS) is 21.6. The van der Waals surface area contributed by atoms with Crippen LogP contribution in [0, 0.1) is 0 Å². The van der Waals surface area contributed by atoms with E-state index in [1.807, 2.05) is 6.92 Å². The maximum absolute atomic E-state index is 12.4. The molecular weight excluding hydrogens is 282 g/mol. The lowest BCUT2D eigenvalue weighted by Crippen LogP contribution is -2.51. The number of aliphatic carboxylic acids is 1. The molecule has 7 nitrogen and oxygen atoms in total. The number of carboxylic acid groups (broad SMARTS) is 1. The highest BCUT2D eigenvalue weighted by molar-refractivity contribution is 8.00. The maximum Gasteiger partial charge on any atom is 0.327 e. The number of nitrogens with one attached hydrogen (secondary N) is 1. The van der Waals surface area contributed by atoms with E-state index < -0.39 is 12.0 Å². The lowest BCUT2D eigenvalue weighted by Gasteiger charge is -2.31. The molecule has 0 bridgehead atoms. The van der Waals surface area contributed by atoms with Gasteiger partial charge in [0.2, 0.25) is 5.91 Å². The van der Waals surface area contributed by atoms with Crippen molar-refractivity contribution in [2.45, 2.75) is 31.2 Å². The van der Waals surface area contributed by atoms with Crippen LogP contribution in [0.3, 0.4) is 0 Å². The van der Waals surface area contributed by atoms with Crippen LogP contribution in [0.5, 0.6) is 0 Å². The van der Waals surface area contributed by atoms with Gasteiger partial charge in [0, 0.05) is 32.8 Å². The first-order valence-corrected chi connectivity index (χ1v) is 7.55. The summed E-state index contributed by atoms with van der Waals surface area (Å²) in [6, 6.07) is -1.13. The molecule has 8 heteroatoms. The Balaban J connectivity index is 2.70. The largest absolute Gasteiger partial charge is 0.480 e. The fraction of sp³-hybridized carbons (Fsp3) is 0.750. The van der Waals surface area contributed by atoms with Crippen LogP contribution in [0.2, 0.25) is 0 Å². The second-order valence-electron chi connectivity index (χ2n) is 4.58. The van der Waals surface area contributed by atoms with Gasteiger partial charge in [-0.1, -0.05) is 6.92 Å². The van der Waals surface area contributed by atoms with Crippen LogP contribution < -0.4 is 5.32 Å². The molecule has 2 unspecified atom stereocenters. The first-order chi connectivity index (χ1) is 9.42. The summed E-state index contributed by atoms with van der Waals surface area (Å²) in [5, 5.41) is 11.6. The number of carbonyl (C=O) groups excluding carboxylic acids is 2. The van der Waals surface area contributed by atoms with E-state index in [-0.39, 0.29) is 30.3 Å². The lowest BCUT2D eigenvalue weighted by atomic mass is 10.2. The van der Waals surface area contributed by atoms with E-state index >= 15 is 0 Å². The average Bonchev–Trinajstić information content (AvgIpc) is 2.87. The third kappa shape index (κ3) is 3.78. The number of amides is 3. The minimum Gasteiger partial charge on any atom is -0.480 e. The quantitative estimate of drug-likeness (QED) is 0.768. The molecule has 2 atom stereocenters. The Kier molecular flexibility index (Phi) is 6.12. The smallest absolute Gasteiger partial charge is 0.327 e. The molecule has 0 aromatic rings. The van der Waals surface area contributed by atoms with Crippen molar-refractivity contribution in [1.29, 1.82) is 0 Å². The molecule has 1 aliphatic rings. The summed E-state index contributed by atoms with van der Waals surface area (Å²) < 4.78 is 0. The van der Waals surface area contributed by atoms with E-state index in [1.165, 1.54) is 28.6 Å². The van der Waals surface area contributed by atoms with Crippen molar-refractivity contribution in [2.24, 2.45) is 0 Å². The molecule has 114 valence electrons. The number of hydrogen-bond donors (Lipinski definition) is 2. The van der Waals surface area contributed by atoms with Crippen LogP contribution in [0.25, 0.3) is 0 Å². The van der Waals surface area contributed by atoms with Crippen molar-refractivity contribution >= 4 is 29.7 Å². The lowest BCUT2D eigenvalue weighted by molar-refractivity contribution is -0.141. The number of urea groups is 1. The summed E-state index contributed by atoms with van der Waals surface area (Å²) >= 11 is 1.48. The molecule has 0 aromatic heterocycles. The van der Waals surface area contributed by atoms with Crippen LogP contribution in [0.4, 0.5) is 4.79 Å². The van der Waals surface area contributed by atoms with Gasteiger partial charge in [-0.25, -0.2) is 9.59 Å². The van der Waals surface area contributed by atoms with Crippen LogP contribution in [0.1, 0.15) is 19.8 Å². The predicted molar refractivity (Wildman–Crippen MR) is 76.5 cm³/mol. The molecule has 0 radical (unpaired) electrons. The third-order valence-corrected chi connectivity index (χ3v) is 4.68. The molecule has 0 spiro atoms. The Hall–Kier alpha value is -1.44. The monoisotopic (exact) mass is 303 g/mol. The first-order valence-electron chi connectivity index (χ1n) is 6.50. The molecule has 1 heterocycles. The fourth-order valence-corrected chi connectivity index (χ4v) is 3.35. The van der Waals surface area contributed by atoms with Gasteiger partial charge >= 0.3 is 12.0 Å². The molecule has 1 rings (SSSR count). The highest BCUT2D eigenvalue weighted by atomic mass is 32.2. The van der Waals surface area contributed by atoms with Gasteiger partial charge in [0.05, 0.1) is 5.37 Å². The Bertz CT molecular complexity index is 391. The van der Waals surface area contributed by atoms with E-state index in [0.717, 1.165) is 0 Å². The number of nitrogens with zero attached hydrogens (tertiary/aromatic N) is 2. The van der Waals surface area contributed by atoms with Crippen molar-refractivity contribution in [1.82, 2.24) is 15.1 Å². The zero-order valence-corrected chi connectivity index (χ0v) is 12.8. The van der Waals surface area contributed by atoms with Crippen LogP contribution >= 0.6 is 11.8 Å². The first kappa shape index (κ1) is 16.6. The van der Waals surface area contributed by atoms with Gasteiger partial charge < -0.3 is 15.3 Å². The van der Waals surface area contributed by atoms with Gasteiger partial charge in [-0.15, -0.1) is 11.8 Å². The van der Waals surface area contributed by atoms with E-state index in [9.17, 15) is 19.5 Å². The molecule has 0 aliphatic carbocycles. The van der Waals surface area contributed by atoms with Gasteiger partial charge in [-0.05, 0) is 6.42 Å². The Morgan fingerprint density at radius 2 is 2.10 bits per heavy atom. The second kappa shape index (κ2) is 7.37. The van der Waals surface area contributed by atoms with Gasteiger partial charge in [-0.2, -0.15) is 0 Å². The molecule has 0 saturated carbocycles. The van der Waals surface area contributed by atoms with Crippen molar-refractivity contribution < 1.29 is 19.5 Å². The van der Waals surface area contributed by atoms with E-state index in [2.05, 4.69) is 5.32 Å². The van der Waals surface area contributed by atoms with E-state index in [4.69, 9.17) is 0 Å². The Morgan fingerprint density at radius 3 is 2.60 bits per heavy atom. The fourth-order valence-electron chi connectivity index (χ4n) is 2.01. The number of thioether (sulfide) groups is 1. The number of rotatable bonds is 5. The van der Waals surface area contributed by atoms with Crippen LogP contribution in [-0.2, 0) is 9.59 Å². The van der Waals surface area contributed by atoms with Crippen LogP contribution in [-0.4, -0.2) is 70.6 Å². The molecular formula is C12H21N3O4S. The van der Waals surface area contributed by atoms with Crippen molar-refractivity contribution in [3.05, 3.63) is 0 Å². The zero-order chi connectivity index (χ0) is 15.3. The molecule has 1 aliphatic heterocycles. The molecule has 0 aromatic carbocycles. The zero-order valence-electron chi connectivity index (χ0n) is 12.0. The SMILES string of the molecule is CCC1SCC(C(=O)O)N1C(=O)N(C)CCC(=O)NC. The van der Waals surface area contributed by atoms with Gasteiger partial charge in [0.1, 0.15) is 6.04 Å². The maximum atomic E-state index is 12.4. The minimum atomic E-state index is -0.985. The molecule has 1 fully saturated rings. The summed E-state index contributed by atoms with van der Waals surface area (Å²) in [4.78, 5) is 37.6. The van der Waals surface area contributed by atoms with E-state index in [1.54, 1.807) is 7.05 Å². The Labute approximate surface area is 122 Å². The van der Waals surface area contributed by atoms with E-state index in [0.29, 0.717) is 12.2 Å². The Morgan fingerprint density at radius 1 is 1.45 bits per heavy atom. The van der Waals surface area contributed by atoms with Crippen molar-refractivity contribution in [3.8, 4) is 0 Å². The van der Waals surface area contributed by atoms with Crippen molar-refractivity contribution in [3.63, 3.8) is 0 Å². The molecule has 1 saturated heterocycles. The predicted octanol–water partition coefficient (Wildman–Crippen LogP) is 0.412. The average molecular weight is 303 g/mol. The number of hydrogen-bond acceptors (Lipinski definition) is 4. The third-order valence-electron chi connectivity index (χ3n) is 3.23. The molecule has 20 heavy (non-hydrogen) atoms. The highest BCUT2D eigenvalue weighted by Gasteiger charge is 2.41. The van der Waals surface area contributed by atoms with Gasteiger partial charge in [0.15, 0.2) is 0 Å². The highest BCUT2D eigenvalue weighted by Crippen LogP contribution is 2.32. The van der Waals surface area contributed by atoms with Crippen molar-refractivity contribution in [2.75, 3.05) is 26.4 Å². The summed E-state index contributed by atoms with van der Waals surface area (Å²) in [6.45, 7) is 2.19. The topological polar surface area (TPSA) is 90.0 Å². The van der Waals surface area contributed by atoms with Gasteiger partial charge in [0.25, 0.3) is 0 Å².